The molecule has 0 saturated carbocycles. The fraction of sp³-hybridized carbons (Fsp3) is 0.500. The molecule has 2 aromatic rings. The molecule has 0 aliphatic carbocycles. The predicted molar refractivity (Wildman–Crippen MR) is 68.0 cm³/mol. The third-order valence-corrected chi connectivity index (χ3v) is 3.68. The van der Waals surface area contributed by atoms with Crippen molar-refractivity contribution in [2.24, 2.45) is 11.7 Å². The summed E-state index contributed by atoms with van der Waals surface area (Å²) in [7, 11) is 0. The van der Waals surface area contributed by atoms with Crippen LogP contribution in [-0.4, -0.2) is 31.9 Å². The standard InChI is InChI=1S/C10H15N5OS/c1-7(3-11)4-17-5-8-2-9(16)15-10(14-8)12-6-13-15/h2,6-7H,3-5,11H2,1H3,(H,12,13,14). The molecule has 0 saturated heterocycles. The Morgan fingerprint density at radius 3 is 3.24 bits per heavy atom. The van der Waals surface area contributed by atoms with Crippen LogP contribution in [0.3, 0.4) is 0 Å². The topological polar surface area (TPSA) is 89.1 Å². The maximum absolute atomic E-state index is 11.6. The van der Waals surface area contributed by atoms with Gasteiger partial charge in [0.25, 0.3) is 11.3 Å². The Kier molecular flexibility index (Phi) is 3.80. The first-order valence-corrected chi connectivity index (χ1v) is 6.56. The first kappa shape index (κ1) is 12.1. The molecule has 1 atom stereocenters. The fourth-order valence-electron chi connectivity index (χ4n) is 1.38. The number of thioether (sulfide) groups is 1. The Bertz CT molecular complexity index is 549. The molecular weight excluding hydrogens is 238 g/mol. The Balaban J connectivity index is 2.06. The highest BCUT2D eigenvalue weighted by atomic mass is 32.2. The number of nitrogens with one attached hydrogen (secondary N) is 1. The van der Waals surface area contributed by atoms with E-state index in [4.69, 9.17) is 5.73 Å². The van der Waals surface area contributed by atoms with Crippen LogP contribution in [0.15, 0.2) is 17.2 Å². The summed E-state index contributed by atoms with van der Waals surface area (Å²) in [6, 6.07) is 1.53. The van der Waals surface area contributed by atoms with Crippen molar-refractivity contribution in [1.82, 2.24) is 19.6 Å². The molecule has 2 heterocycles. The molecule has 0 fully saturated rings. The monoisotopic (exact) mass is 253 g/mol. The van der Waals surface area contributed by atoms with Crippen LogP contribution in [0.1, 0.15) is 12.6 Å². The molecule has 1 unspecified atom stereocenters. The van der Waals surface area contributed by atoms with Gasteiger partial charge in [-0.15, -0.1) is 0 Å². The summed E-state index contributed by atoms with van der Waals surface area (Å²) in [5.41, 5.74) is 6.17. The van der Waals surface area contributed by atoms with Gasteiger partial charge >= 0.3 is 0 Å². The molecule has 3 N–H and O–H groups in total. The van der Waals surface area contributed by atoms with Crippen molar-refractivity contribution in [3.8, 4) is 0 Å². The lowest BCUT2D eigenvalue weighted by Gasteiger charge is -2.06. The van der Waals surface area contributed by atoms with Gasteiger partial charge in [0.15, 0.2) is 0 Å². The number of aromatic nitrogens is 4. The van der Waals surface area contributed by atoms with E-state index in [9.17, 15) is 4.79 Å². The smallest absolute Gasteiger partial charge is 0.274 e. The van der Waals surface area contributed by atoms with Crippen molar-refractivity contribution in [2.45, 2.75) is 12.7 Å². The summed E-state index contributed by atoms with van der Waals surface area (Å²) < 4.78 is 1.32. The van der Waals surface area contributed by atoms with Crippen LogP contribution in [-0.2, 0) is 5.75 Å². The summed E-state index contributed by atoms with van der Waals surface area (Å²) >= 11 is 1.73. The average Bonchev–Trinajstić information content (AvgIpc) is 2.77. The summed E-state index contributed by atoms with van der Waals surface area (Å²) in [6.07, 6.45) is 1.46. The van der Waals surface area contributed by atoms with Crippen molar-refractivity contribution in [1.29, 1.82) is 0 Å². The summed E-state index contributed by atoms with van der Waals surface area (Å²) in [4.78, 5) is 19.9. The second-order valence-corrected chi connectivity index (χ2v) is 4.99. The molecule has 6 nitrogen and oxygen atoms in total. The van der Waals surface area contributed by atoms with E-state index >= 15 is 0 Å². The van der Waals surface area contributed by atoms with Crippen LogP contribution in [0.2, 0.25) is 0 Å². The largest absolute Gasteiger partial charge is 0.330 e. The van der Waals surface area contributed by atoms with E-state index in [1.54, 1.807) is 11.8 Å². The van der Waals surface area contributed by atoms with Crippen molar-refractivity contribution in [3.05, 3.63) is 28.4 Å². The minimum atomic E-state index is -0.130. The van der Waals surface area contributed by atoms with Crippen LogP contribution in [0.5, 0.6) is 0 Å². The quantitative estimate of drug-likeness (QED) is 0.797. The van der Waals surface area contributed by atoms with Crippen molar-refractivity contribution >= 4 is 17.5 Å². The minimum Gasteiger partial charge on any atom is -0.330 e. The number of hydrogen-bond donors (Lipinski definition) is 2. The first-order valence-electron chi connectivity index (χ1n) is 5.40. The Morgan fingerprint density at radius 1 is 1.65 bits per heavy atom. The highest BCUT2D eigenvalue weighted by molar-refractivity contribution is 7.98. The summed E-state index contributed by atoms with van der Waals surface area (Å²) in [6.45, 7) is 2.79. The zero-order chi connectivity index (χ0) is 12.3. The van der Waals surface area contributed by atoms with Gasteiger partial charge in [0, 0.05) is 11.8 Å². The Morgan fingerprint density at radius 2 is 2.47 bits per heavy atom. The lowest BCUT2D eigenvalue weighted by atomic mass is 10.2. The number of fused-ring (bicyclic) bond motifs is 1. The second kappa shape index (κ2) is 5.33. The van der Waals surface area contributed by atoms with Gasteiger partial charge in [-0.2, -0.15) is 16.3 Å². The lowest BCUT2D eigenvalue weighted by Crippen LogP contribution is -2.16. The molecule has 92 valence electrons. The number of aromatic amines is 1. The van der Waals surface area contributed by atoms with Gasteiger partial charge in [0.1, 0.15) is 6.33 Å². The molecule has 17 heavy (non-hydrogen) atoms. The molecule has 2 aromatic heterocycles. The minimum absolute atomic E-state index is 0.130. The lowest BCUT2D eigenvalue weighted by molar-refractivity contribution is 0.675. The molecule has 0 spiro atoms. The molecule has 0 amide bonds. The van der Waals surface area contributed by atoms with E-state index in [2.05, 4.69) is 22.0 Å². The third kappa shape index (κ3) is 2.86. The molecule has 7 heteroatoms. The van der Waals surface area contributed by atoms with Crippen LogP contribution in [0, 0.1) is 5.92 Å². The van der Waals surface area contributed by atoms with Gasteiger partial charge in [-0.1, -0.05) is 6.92 Å². The molecular formula is C10H15N5OS. The number of nitrogens with zero attached hydrogens (tertiary/aromatic N) is 3. The maximum atomic E-state index is 11.6. The van der Waals surface area contributed by atoms with Crippen molar-refractivity contribution in [2.75, 3.05) is 12.3 Å². The fourth-order valence-corrected chi connectivity index (χ4v) is 2.39. The number of hydrogen-bond acceptors (Lipinski definition) is 5. The number of rotatable bonds is 5. The molecule has 0 bridgehead atoms. The van der Waals surface area contributed by atoms with Crippen molar-refractivity contribution < 1.29 is 0 Å². The van der Waals surface area contributed by atoms with Gasteiger partial charge in [0.2, 0.25) is 0 Å². The second-order valence-electron chi connectivity index (χ2n) is 3.96. The SMILES string of the molecule is CC(CN)CSCc1cc(=O)n2[nH]cnc2n1. The van der Waals surface area contributed by atoms with E-state index in [0.717, 1.165) is 11.4 Å². The third-order valence-electron chi connectivity index (χ3n) is 2.38. The van der Waals surface area contributed by atoms with Crippen molar-refractivity contribution in [3.63, 3.8) is 0 Å². The zero-order valence-corrected chi connectivity index (χ0v) is 10.4. The van der Waals surface area contributed by atoms with Crippen LogP contribution >= 0.6 is 11.8 Å². The highest BCUT2D eigenvalue weighted by Crippen LogP contribution is 2.12. The molecule has 0 aromatic carbocycles. The Hall–Kier alpha value is -1.34. The van der Waals surface area contributed by atoms with E-state index in [0.29, 0.717) is 24.0 Å². The van der Waals surface area contributed by atoms with Crippen LogP contribution < -0.4 is 11.3 Å². The molecule has 0 aliphatic heterocycles. The van der Waals surface area contributed by atoms with Gasteiger partial charge in [-0.05, 0) is 18.2 Å². The van der Waals surface area contributed by atoms with Gasteiger partial charge < -0.3 is 5.73 Å². The van der Waals surface area contributed by atoms with Crippen LogP contribution in [0.4, 0.5) is 0 Å². The van der Waals surface area contributed by atoms with E-state index in [1.165, 1.54) is 16.9 Å². The summed E-state index contributed by atoms with van der Waals surface area (Å²) in [5.74, 6) is 2.58. The number of H-pyrrole nitrogens is 1. The van der Waals surface area contributed by atoms with Gasteiger partial charge in [-0.25, -0.2) is 9.97 Å². The number of nitrogens with two attached hydrogens (primary N) is 1. The maximum Gasteiger partial charge on any atom is 0.274 e. The summed E-state index contributed by atoms with van der Waals surface area (Å²) in [5, 5.41) is 2.71. The molecule has 0 radical (unpaired) electrons. The normalized spacial score (nSPS) is 13.1. The Labute approximate surface area is 103 Å². The zero-order valence-electron chi connectivity index (χ0n) is 9.59. The predicted octanol–water partition coefficient (Wildman–Crippen LogP) is 0.246. The molecule has 0 aliphatic rings. The van der Waals surface area contributed by atoms with Crippen LogP contribution in [0.25, 0.3) is 5.78 Å². The average molecular weight is 253 g/mol. The van der Waals surface area contributed by atoms with E-state index in [1.807, 2.05) is 0 Å². The molecule has 2 rings (SSSR count). The van der Waals surface area contributed by atoms with Gasteiger partial charge in [0.05, 0.1) is 5.69 Å². The van der Waals surface area contributed by atoms with Gasteiger partial charge in [-0.3, -0.25) is 9.89 Å². The first-order chi connectivity index (χ1) is 8.20. The van der Waals surface area contributed by atoms with E-state index < -0.39 is 0 Å². The highest BCUT2D eigenvalue weighted by Gasteiger charge is 2.05. The van der Waals surface area contributed by atoms with E-state index in [-0.39, 0.29) is 5.56 Å².